The van der Waals surface area contributed by atoms with Crippen molar-refractivity contribution in [1.29, 1.82) is 0 Å². The third kappa shape index (κ3) is 3.67. The Kier molecular flexibility index (Phi) is 4.39. The van der Waals surface area contributed by atoms with Crippen LogP contribution in [0.25, 0.3) is 0 Å². The quantitative estimate of drug-likeness (QED) is 0.854. The summed E-state index contributed by atoms with van der Waals surface area (Å²) in [5.41, 5.74) is 0. The Hall–Kier alpha value is -0.620. The van der Waals surface area contributed by atoms with Crippen molar-refractivity contribution in [1.82, 2.24) is 15.5 Å². The highest BCUT2D eigenvalue weighted by Crippen LogP contribution is 2.26. The Labute approximate surface area is 110 Å². The third-order valence-electron chi connectivity index (χ3n) is 2.86. The van der Waals surface area contributed by atoms with Gasteiger partial charge >= 0.3 is 0 Å². The zero-order valence-electron chi connectivity index (χ0n) is 10.1. The molecule has 1 aliphatic rings. The first kappa shape index (κ1) is 12.8. The fourth-order valence-electron chi connectivity index (χ4n) is 1.92. The molecule has 0 saturated heterocycles. The monoisotopic (exact) mass is 271 g/mol. The number of hydrogen-bond donors (Lipinski definition) is 1. The van der Waals surface area contributed by atoms with Crippen LogP contribution in [-0.4, -0.2) is 27.4 Å². The van der Waals surface area contributed by atoms with E-state index in [2.05, 4.69) is 15.5 Å². The zero-order valence-corrected chi connectivity index (χ0v) is 11.7. The molecule has 0 aromatic carbocycles. The van der Waals surface area contributed by atoms with Crippen molar-refractivity contribution in [3.05, 3.63) is 5.01 Å². The molecule has 1 heterocycles. The van der Waals surface area contributed by atoms with Gasteiger partial charge < -0.3 is 5.32 Å². The van der Waals surface area contributed by atoms with Crippen molar-refractivity contribution in [3.63, 3.8) is 0 Å². The van der Waals surface area contributed by atoms with Gasteiger partial charge in [0.25, 0.3) is 0 Å². The Morgan fingerprint density at radius 1 is 1.47 bits per heavy atom. The van der Waals surface area contributed by atoms with E-state index in [1.54, 1.807) is 0 Å². The van der Waals surface area contributed by atoms with Crippen LogP contribution in [0, 0.1) is 6.92 Å². The summed E-state index contributed by atoms with van der Waals surface area (Å²) in [6, 6.07) is 0.390. The molecule has 1 N–H and O–H groups in total. The average Bonchev–Trinajstić information content (AvgIpc) is 2.90. The van der Waals surface area contributed by atoms with Crippen molar-refractivity contribution in [2.75, 3.05) is 0 Å². The molecular formula is C11H17N3OS2. The molecule has 0 spiro atoms. The minimum atomic E-state index is -0.0945. The minimum Gasteiger partial charge on any atom is -0.352 e. The maximum Gasteiger partial charge on any atom is 0.233 e. The van der Waals surface area contributed by atoms with Crippen molar-refractivity contribution in [2.45, 2.75) is 55.2 Å². The molecule has 0 bridgehead atoms. The molecule has 94 valence electrons. The summed E-state index contributed by atoms with van der Waals surface area (Å²) in [6.45, 7) is 3.84. The molecule has 1 amide bonds. The standard InChI is InChI=1S/C11H17N3OS2/c1-7(16-11-14-13-8(2)17-11)10(15)12-9-5-3-4-6-9/h7,9H,3-6H2,1-2H3,(H,12,15)/t7-/m1/s1. The number of nitrogens with zero attached hydrogens (tertiary/aromatic N) is 2. The molecule has 1 fully saturated rings. The van der Waals surface area contributed by atoms with Crippen LogP contribution in [0.3, 0.4) is 0 Å². The van der Waals surface area contributed by atoms with Crippen molar-refractivity contribution < 1.29 is 4.79 Å². The summed E-state index contributed by atoms with van der Waals surface area (Å²) in [6.07, 6.45) is 4.73. The number of carbonyl (C=O) groups excluding carboxylic acids is 1. The largest absolute Gasteiger partial charge is 0.352 e. The van der Waals surface area contributed by atoms with Gasteiger partial charge in [-0.2, -0.15) is 0 Å². The lowest BCUT2D eigenvalue weighted by molar-refractivity contribution is -0.120. The van der Waals surface area contributed by atoms with E-state index < -0.39 is 0 Å². The van der Waals surface area contributed by atoms with Gasteiger partial charge in [0, 0.05) is 6.04 Å². The first-order valence-electron chi connectivity index (χ1n) is 5.92. The molecule has 17 heavy (non-hydrogen) atoms. The second-order valence-corrected chi connectivity index (χ2v) is 7.11. The molecule has 6 heteroatoms. The molecule has 0 unspecified atom stereocenters. The fraction of sp³-hybridized carbons (Fsp3) is 0.727. The van der Waals surface area contributed by atoms with Gasteiger partial charge in [-0.15, -0.1) is 10.2 Å². The van der Waals surface area contributed by atoms with E-state index in [0.717, 1.165) is 22.2 Å². The second-order valence-electron chi connectivity index (χ2n) is 4.34. The summed E-state index contributed by atoms with van der Waals surface area (Å²) in [5, 5.41) is 11.9. The van der Waals surface area contributed by atoms with Gasteiger partial charge in [0.1, 0.15) is 5.01 Å². The van der Waals surface area contributed by atoms with Gasteiger partial charge in [-0.05, 0) is 26.7 Å². The normalized spacial score (nSPS) is 18.2. The number of thioether (sulfide) groups is 1. The lowest BCUT2D eigenvalue weighted by atomic mass is 10.2. The first-order chi connectivity index (χ1) is 8.15. The molecule has 1 aliphatic carbocycles. The third-order valence-corrected chi connectivity index (χ3v) is 4.88. The second kappa shape index (κ2) is 5.82. The van der Waals surface area contributed by atoms with Gasteiger partial charge in [0.2, 0.25) is 5.91 Å². The van der Waals surface area contributed by atoms with Crippen LogP contribution in [0.2, 0.25) is 0 Å². The number of aryl methyl sites for hydroxylation is 1. The van der Waals surface area contributed by atoms with E-state index in [0.29, 0.717) is 6.04 Å². The predicted molar refractivity (Wildman–Crippen MR) is 70.4 cm³/mol. The zero-order chi connectivity index (χ0) is 12.3. The average molecular weight is 271 g/mol. The van der Waals surface area contributed by atoms with Gasteiger partial charge in [-0.1, -0.05) is 35.9 Å². The Balaban J connectivity index is 1.82. The van der Waals surface area contributed by atoms with E-state index in [-0.39, 0.29) is 11.2 Å². The molecule has 0 aliphatic heterocycles. The van der Waals surface area contributed by atoms with Crippen LogP contribution >= 0.6 is 23.1 Å². The highest BCUT2D eigenvalue weighted by atomic mass is 32.2. The number of rotatable bonds is 4. The van der Waals surface area contributed by atoms with Crippen LogP contribution in [0.1, 0.15) is 37.6 Å². The van der Waals surface area contributed by atoms with E-state index >= 15 is 0 Å². The fourth-order valence-corrected chi connectivity index (χ4v) is 3.89. The van der Waals surface area contributed by atoms with Crippen LogP contribution in [0.4, 0.5) is 0 Å². The SMILES string of the molecule is Cc1nnc(S[C@H](C)C(=O)NC2CCCC2)s1. The van der Waals surface area contributed by atoms with Crippen LogP contribution in [0.5, 0.6) is 0 Å². The van der Waals surface area contributed by atoms with Crippen molar-refractivity contribution >= 4 is 29.0 Å². The molecular weight excluding hydrogens is 254 g/mol. The van der Waals surface area contributed by atoms with Crippen LogP contribution in [-0.2, 0) is 4.79 Å². The summed E-state index contributed by atoms with van der Waals surface area (Å²) < 4.78 is 0.872. The number of aromatic nitrogens is 2. The van der Waals surface area contributed by atoms with Gasteiger partial charge in [0.15, 0.2) is 4.34 Å². The predicted octanol–water partition coefficient (Wildman–Crippen LogP) is 2.39. The lowest BCUT2D eigenvalue weighted by Crippen LogP contribution is -2.37. The van der Waals surface area contributed by atoms with E-state index in [1.165, 1.54) is 35.9 Å². The summed E-state index contributed by atoms with van der Waals surface area (Å²) in [5.74, 6) is 0.120. The van der Waals surface area contributed by atoms with E-state index in [1.807, 2.05) is 13.8 Å². The molecule has 0 radical (unpaired) electrons. The Bertz CT molecular complexity index is 388. The van der Waals surface area contributed by atoms with Crippen molar-refractivity contribution in [3.8, 4) is 0 Å². The Morgan fingerprint density at radius 2 is 2.18 bits per heavy atom. The van der Waals surface area contributed by atoms with Crippen LogP contribution in [0.15, 0.2) is 4.34 Å². The number of carbonyl (C=O) groups is 1. The summed E-state index contributed by atoms with van der Waals surface area (Å²) >= 11 is 3.03. The molecule has 1 atom stereocenters. The van der Waals surface area contributed by atoms with Crippen molar-refractivity contribution in [2.24, 2.45) is 0 Å². The number of amides is 1. The molecule has 1 aromatic rings. The molecule has 2 rings (SSSR count). The smallest absolute Gasteiger partial charge is 0.233 e. The summed E-state index contributed by atoms with van der Waals surface area (Å²) in [7, 11) is 0. The maximum absolute atomic E-state index is 11.9. The lowest BCUT2D eigenvalue weighted by Gasteiger charge is -2.15. The highest BCUT2D eigenvalue weighted by molar-refractivity contribution is 8.02. The van der Waals surface area contributed by atoms with E-state index in [9.17, 15) is 4.79 Å². The topological polar surface area (TPSA) is 54.9 Å². The van der Waals surface area contributed by atoms with Gasteiger partial charge in [-0.25, -0.2) is 0 Å². The molecule has 1 saturated carbocycles. The van der Waals surface area contributed by atoms with E-state index in [4.69, 9.17) is 0 Å². The highest BCUT2D eigenvalue weighted by Gasteiger charge is 2.22. The van der Waals surface area contributed by atoms with Crippen LogP contribution < -0.4 is 5.32 Å². The molecule has 1 aromatic heterocycles. The maximum atomic E-state index is 11.9. The minimum absolute atomic E-state index is 0.0945. The Morgan fingerprint density at radius 3 is 2.76 bits per heavy atom. The number of hydrogen-bond acceptors (Lipinski definition) is 5. The number of nitrogens with one attached hydrogen (secondary N) is 1. The van der Waals surface area contributed by atoms with Gasteiger partial charge in [0.05, 0.1) is 5.25 Å². The first-order valence-corrected chi connectivity index (χ1v) is 7.62. The molecule has 4 nitrogen and oxygen atoms in total. The summed E-state index contributed by atoms with van der Waals surface area (Å²) in [4.78, 5) is 11.9. The van der Waals surface area contributed by atoms with Gasteiger partial charge in [-0.3, -0.25) is 4.79 Å².